The van der Waals surface area contributed by atoms with Gasteiger partial charge in [-0.15, -0.1) is 0 Å². The molecule has 0 aromatic carbocycles. The molecule has 0 N–H and O–H groups in total. The zero-order chi connectivity index (χ0) is 18.8. The normalized spacial score (nSPS) is 6.16. The summed E-state index contributed by atoms with van der Waals surface area (Å²) in [6, 6.07) is 0. The van der Waals surface area contributed by atoms with E-state index in [1.165, 1.54) is 0 Å². The van der Waals surface area contributed by atoms with Gasteiger partial charge < -0.3 is 70.4 Å². The Kier molecular flexibility index (Phi) is 87.1. The van der Waals surface area contributed by atoms with E-state index < -0.39 is 30.7 Å². The molecule has 0 saturated heterocycles. The molecule has 20 nitrogen and oxygen atoms in total. The van der Waals surface area contributed by atoms with E-state index in [2.05, 4.69) is 0 Å². The summed E-state index contributed by atoms with van der Waals surface area (Å²) in [5.74, 6) is 0. The third-order valence-electron chi connectivity index (χ3n) is 0. The van der Waals surface area contributed by atoms with Crippen molar-refractivity contribution in [2.24, 2.45) is 0 Å². The van der Waals surface area contributed by atoms with Crippen molar-refractivity contribution in [3.63, 3.8) is 0 Å². The Morgan fingerprint density at radius 2 is 0.520 bits per heavy atom. The monoisotopic (exact) mass is 679 g/mol. The van der Waals surface area contributed by atoms with E-state index in [0.717, 1.165) is 0 Å². The van der Waals surface area contributed by atoms with E-state index in [-0.39, 0.29) is 78.3 Å². The first-order valence-electron chi connectivity index (χ1n) is 2.86. The number of hydrogen-bond donors (Lipinski definition) is 0. The average molecular weight is 682 g/mol. The molecular formula is Ag2CuN4NiO16S. The van der Waals surface area contributed by atoms with Crippen LogP contribution in [0.3, 0.4) is 0 Å². The number of rotatable bonds is 0. The van der Waals surface area contributed by atoms with Crippen molar-refractivity contribution in [2.45, 2.75) is 0 Å². The van der Waals surface area contributed by atoms with E-state index in [1.54, 1.807) is 0 Å². The minimum Gasteiger partial charge on any atom is -0.759 e. The smallest absolute Gasteiger partial charge is 0.759 e. The maximum absolute atomic E-state index is 8.52. The van der Waals surface area contributed by atoms with Gasteiger partial charge in [0.2, 0.25) is 0 Å². The third-order valence-corrected chi connectivity index (χ3v) is 0. The summed E-state index contributed by atoms with van der Waals surface area (Å²) in [7, 11) is -5.17. The summed E-state index contributed by atoms with van der Waals surface area (Å²) in [5, 5.41) is 59.0. The Morgan fingerprint density at radius 1 is 0.520 bits per heavy atom. The molecule has 0 aliphatic heterocycles. The summed E-state index contributed by atoms with van der Waals surface area (Å²) in [6.45, 7) is 0. The zero-order valence-corrected chi connectivity index (χ0v) is 15.7. The van der Waals surface area contributed by atoms with Crippen molar-refractivity contribution in [2.75, 3.05) is 0 Å². The molecule has 0 fully saturated rings. The SMILES string of the molecule is O=S(=O)([O-])[O-].O=[N+]([O-])[O-].O=[N+]([O-])[O-].O=[N+]([O-])[O-].O=[N+]([O-])[O-].[Ag+].[Ag+].[Cu+2].[Ni+2]. The molecule has 0 rings (SSSR count). The second kappa shape index (κ2) is 38.6. The maximum Gasteiger partial charge on any atom is 2.00 e. The molecule has 25 heavy (non-hydrogen) atoms. The molecule has 25 heteroatoms. The van der Waals surface area contributed by atoms with Gasteiger partial charge in [0.1, 0.15) is 0 Å². The van der Waals surface area contributed by atoms with Gasteiger partial charge in [0.25, 0.3) is 0 Å². The van der Waals surface area contributed by atoms with Crippen molar-refractivity contribution in [1.29, 1.82) is 0 Å². The van der Waals surface area contributed by atoms with Crippen LogP contribution in [-0.4, -0.2) is 37.9 Å². The molecule has 165 valence electrons. The first kappa shape index (κ1) is 56.4. The molecular weight excluding hydrogens is 682 g/mol. The Morgan fingerprint density at radius 3 is 0.520 bits per heavy atom. The van der Waals surface area contributed by atoms with Gasteiger partial charge in [-0.3, -0.25) is 8.42 Å². The van der Waals surface area contributed by atoms with Gasteiger partial charge in [-0.2, -0.15) is 0 Å². The molecule has 0 aliphatic carbocycles. The van der Waals surface area contributed by atoms with Crippen LogP contribution in [-0.2, 0) is 88.7 Å². The molecule has 0 heterocycles. The Hall–Kier alpha value is -0.836. The molecule has 0 aromatic heterocycles. The van der Waals surface area contributed by atoms with Crippen molar-refractivity contribution in [3.8, 4) is 0 Å². The Bertz CT molecular complexity index is 340. The average Bonchev–Trinajstić information content (AvgIpc) is 1.91. The van der Waals surface area contributed by atoms with E-state index in [4.69, 9.17) is 78.8 Å². The minimum atomic E-state index is -5.17. The third kappa shape index (κ3) is 14800. The molecule has 0 aromatic rings. The van der Waals surface area contributed by atoms with E-state index in [1.807, 2.05) is 0 Å². The molecule has 0 spiro atoms. The van der Waals surface area contributed by atoms with E-state index in [9.17, 15) is 0 Å². The van der Waals surface area contributed by atoms with Gasteiger partial charge in [0.05, 0.1) is 20.3 Å². The van der Waals surface area contributed by atoms with Crippen LogP contribution in [0, 0.1) is 61.3 Å². The fourth-order valence-corrected chi connectivity index (χ4v) is 0. The van der Waals surface area contributed by atoms with Gasteiger partial charge in [0.15, 0.2) is 0 Å². The largest absolute Gasteiger partial charge is 2.00 e. The van der Waals surface area contributed by atoms with E-state index in [0.29, 0.717) is 0 Å². The topological polar surface area (TPSA) is 345 Å². The molecule has 0 unspecified atom stereocenters. The summed E-state index contributed by atoms with van der Waals surface area (Å²) in [4.78, 5) is 33.0. The Balaban J connectivity index is -0.0000000176. The quantitative estimate of drug-likeness (QED) is 0.0852. The maximum atomic E-state index is 8.52. The molecule has 1 radical (unpaired) electrons. The molecule has 0 amide bonds. The van der Waals surface area contributed by atoms with Gasteiger partial charge >= 0.3 is 78.3 Å². The fourth-order valence-electron chi connectivity index (χ4n) is 0. The first-order valence-corrected chi connectivity index (χ1v) is 4.19. The standard InChI is InChI=1S/2Ag.Cu.4NO3.Ni.H2O4S/c;;;4*2-1(3)4;;1-5(2,3)4/h;;;;;;;;(H2,1,2,3,4)/q2*+1;+2;4*-1;+2;/p-2. The van der Waals surface area contributed by atoms with Crippen LogP contribution in [0.25, 0.3) is 0 Å². The van der Waals surface area contributed by atoms with Crippen LogP contribution in [0.4, 0.5) is 0 Å². The molecule has 0 atom stereocenters. The predicted molar refractivity (Wildman–Crippen MR) is 51.9 cm³/mol. The first-order chi connectivity index (χ1) is 8.93. The molecule has 0 bridgehead atoms. The minimum absolute atomic E-state index is 0. The fraction of sp³-hybridized carbons (Fsp3) is 0. The van der Waals surface area contributed by atoms with Crippen molar-refractivity contribution in [1.82, 2.24) is 0 Å². The summed E-state index contributed by atoms with van der Waals surface area (Å²) < 4.78 is 34.1. The van der Waals surface area contributed by atoms with Crippen LogP contribution >= 0.6 is 0 Å². The van der Waals surface area contributed by atoms with Gasteiger partial charge in [-0.05, 0) is 0 Å². The van der Waals surface area contributed by atoms with Crippen LogP contribution in [0.1, 0.15) is 0 Å². The van der Waals surface area contributed by atoms with Gasteiger partial charge in [-0.1, -0.05) is 0 Å². The molecule has 0 saturated carbocycles. The van der Waals surface area contributed by atoms with Crippen molar-refractivity contribution < 1.29 is 116 Å². The predicted octanol–water partition coefficient (Wildman–Crippen LogP) is -2.30. The van der Waals surface area contributed by atoms with Crippen LogP contribution < -0.4 is 0 Å². The summed E-state index contributed by atoms with van der Waals surface area (Å²) >= 11 is 0. The van der Waals surface area contributed by atoms with Crippen molar-refractivity contribution >= 4 is 10.4 Å². The van der Waals surface area contributed by atoms with E-state index >= 15 is 0 Å². The second-order valence-corrected chi connectivity index (χ2v) is 2.12. The van der Waals surface area contributed by atoms with Crippen molar-refractivity contribution in [3.05, 3.63) is 61.3 Å². The van der Waals surface area contributed by atoms with Crippen LogP contribution in [0.15, 0.2) is 0 Å². The second-order valence-electron chi connectivity index (χ2n) is 1.30. The van der Waals surface area contributed by atoms with Gasteiger partial charge in [-0.25, -0.2) is 0 Å². The molecule has 0 aliphatic rings. The summed E-state index contributed by atoms with van der Waals surface area (Å²) in [5.41, 5.74) is 0. The van der Waals surface area contributed by atoms with Crippen LogP contribution in [0.2, 0.25) is 0 Å². The summed E-state index contributed by atoms with van der Waals surface area (Å²) in [6.07, 6.45) is 0. The zero-order valence-electron chi connectivity index (χ0n) is 9.95. The van der Waals surface area contributed by atoms with Gasteiger partial charge in [0, 0.05) is 10.4 Å². The van der Waals surface area contributed by atoms with Crippen LogP contribution in [0.5, 0.6) is 0 Å². The Labute approximate surface area is 187 Å². The number of nitrogens with zero attached hydrogens (tertiary/aromatic N) is 4. The number of hydrogen-bond acceptors (Lipinski definition) is 16.